The molecular weight excluding hydrogens is 220 g/mol. The van der Waals surface area contributed by atoms with E-state index in [4.69, 9.17) is 20.4 Å². The summed E-state index contributed by atoms with van der Waals surface area (Å²) in [5.74, 6) is -4.55. The van der Waals surface area contributed by atoms with Crippen molar-refractivity contribution >= 4 is 11.9 Å². The summed E-state index contributed by atoms with van der Waals surface area (Å²) in [5.41, 5.74) is -0.269. The number of esters is 1. The number of aliphatic carboxylic acids is 1. The van der Waals surface area contributed by atoms with Crippen molar-refractivity contribution in [1.29, 1.82) is 0 Å². The molecule has 0 aliphatic rings. The van der Waals surface area contributed by atoms with E-state index < -0.39 is 35.8 Å². The van der Waals surface area contributed by atoms with E-state index in [-0.39, 0.29) is 5.56 Å². The predicted octanol–water partition coefficient (Wildman–Crippen LogP) is 0.0448. The van der Waals surface area contributed by atoms with Gasteiger partial charge in [0.1, 0.15) is 0 Å². The van der Waals surface area contributed by atoms with Gasteiger partial charge in [-0.1, -0.05) is 0 Å². The molecule has 0 amide bonds. The SMILES string of the molecule is O=C(O)COC(=O)c1cc(O)c(O)c(O)c1. The van der Waals surface area contributed by atoms with Crippen LogP contribution >= 0.6 is 0 Å². The van der Waals surface area contributed by atoms with E-state index >= 15 is 0 Å². The van der Waals surface area contributed by atoms with Gasteiger partial charge >= 0.3 is 11.9 Å². The fraction of sp³-hybridized carbons (Fsp3) is 0.111. The molecule has 0 atom stereocenters. The van der Waals surface area contributed by atoms with Gasteiger partial charge in [-0.2, -0.15) is 0 Å². The Morgan fingerprint density at radius 2 is 1.62 bits per heavy atom. The topological polar surface area (TPSA) is 124 Å². The molecule has 0 bridgehead atoms. The van der Waals surface area contributed by atoms with Crippen LogP contribution < -0.4 is 0 Å². The maximum absolute atomic E-state index is 11.2. The largest absolute Gasteiger partial charge is 0.504 e. The Morgan fingerprint density at radius 3 is 2.06 bits per heavy atom. The highest BCUT2D eigenvalue weighted by atomic mass is 16.5. The molecule has 1 rings (SSSR count). The second-order valence-electron chi connectivity index (χ2n) is 2.83. The number of rotatable bonds is 3. The first kappa shape index (κ1) is 11.6. The van der Waals surface area contributed by atoms with Crippen LogP contribution in [-0.4, -0.2) is 39.0 Å². The Kier molecular flexibility index (Phi) is 3.19. The molecule has 0 aliphatic carbocycles. The van der Waals surface area contributed by atoms with Crippen LogP contribution in [0.15, 0.2) is 12.1 Å². The molecule has 0 aliphatic heterocycles. The van der Waals surface area contributed by atoms with Crippen molar-refractivity contribution in [1.82, 2.24) is 0 Å². The summed E-state index contributed by atoms with van der Waals surface area (Å²) in [5, 5.41) is 35.4. The van der Waals surface area contributed by atoms with Crippen LogP contribution in [0, 0.1) is 0 Å². The molecule has 0 unspecified atom stereocenters. The molecule has 0 saturated carbocycles. The van der Waals surface area contributed by atoms with Gasteiger partial charge in [-0.15, -0.1) is 0 Å². The number of phenols is 3. The van der Waals surface area contributed by atoms with Crippen molar-refractivity contribution in [2.75, 3.05) is 6.61 Å². The fourth-order valence-electron chi connectivity index (χ4n) is 0.933. The molecule has 16 heavy (non-hydrogen) atoms. The van der Waals surface area contributed by atoms with Crippen LogP contribution in [0.1, 0.15) is 10.4 Å². The second-order valence-corrected chi connectivity index (χ2v) is 2.83. The van der Waals surface area contributed by atoms with Gasteiger partial charge in [-0.05, 0) is 12.1 Å². The first-order valence-electron chi connectivity index (χ1n) is 4.05. The summed E-state index contributed by atoms with van der Waals surface area (Å²) in [4.78, 5) is 21.3. The van der Waals surface area contributed by atoms with E-state index in [9.17, 15) is 9.59 Å². The van der Waals surface area contributed by atoms with Crippen molar-refractivity contribution in [2.24, 2.45) is 0 Å². The van der Waals surface area contributed by atoms with Crippen LogP contribution in [0.25, 0.3) is 0 Å². The number of benzene rings is 1. The zero-order valence-electron chi connectivity index (χ0n) is 7.88. The van der Waals surface area contributed by atoms with Crippen LogP contribution in [0.5, 0.6) is 17.2 Å². The van der Waals surface area contributed by atoms with Gasteiger partial charge in [0.25, 0.3) is 0 Å². The maximum atomic E-state index is 11.2. The lowest BCUT2D eigenvalue weighted by Crippen LogP contribution is -2.12. The number of hydrogen-bond acceptors (Lipinski definition) is 6. The summed E-state index contributed by atoms with van der Waals surface area (Å²) >= 11 is 0. The summed E-state index contributed by atoms with van der Waals surface area (Å²) in [6.45, 7) is -0.832. The average Bonchev–Trinajstić information content (AvgIpc) is 2.21. The van der Waals surface area contributed by atoms with Crippen LogP contribution in [0.4, 0.5) is 0 Å². The van der Waals surface area contributed by atoms with Gasteiger partial charge in [0, 0.05) is 0 Å². The number of hydrogen-bond donors (Lipinski definition) is 4. The Hall–Kier alpha value is -2.44. The number of carbonyl (C=O) groups excluding carboxylic acids is 1. The van der Waals surface area contributed by atoms with Gasteiger partial charge < -0.3 is 25.2 Å². The average molecular weight is 228 g/mol. The fourth-order valence-corrected chi connectivity index (χ4v) is 0.933. The number of carboxylic acid groups (broad SMARTS) is 1. The Labute approximate surface area is 89.1 Å². The van der Waals surface area contributed by atoms with Gasteiger partial charge in [0.2, 0.25) is 0 Å². The van der Waals surface area contributed by atoms with E-state index in [0.29, 0.717) is 0 Å². The minimum Gasteiger partial charge on any atom is -0.504 e. The molecule has 7 nitrogen and oxygen atoms in total. The molecule has 0 radical (unpaired) electrons. The van der Waals surface area contributed by atoms with Crippen molar-refractivity contribution < 1.29 is 34.8 Å². The Bertz CT molecular complexity index is 414. The van der Waals surface area contributed by atoms with E-state index in [1.165, 1.54) is 0 Å². The highest BCUT2D eigenvalue weighted by Gasteiger charge is 2.15. The lowest BCUT2D eigenvalue weighted by Gasteiger charge is -2.05. The van der Waals surface area contributed by atoms with Crippen molar-refractivity contribution in [3.05, 3.63) is 17.7 Å². The maximum Gasteiger partial charge on any atom is 0.341 e. The molecule has 0 heterocycles. The molecule has 1 aromatic carbocycles. The number of phenolic OH excluding ortho intramolecular Hbond substituents is 3. The lowest BCUT2D eigenvalue weighted by atomic mass is 10.2. The molecule has 4 N–H and O–H groups in total. The second kappa shape index (κ2) is 4.39. The van der Waals surface area contributed by atoms with E-state index in [1.54, 1.807) is 0 Å². The van der Waals surface area contributed by atoms with Crippen LogP contribution in [0.3, 0.4) is 0 Å². The Morgan fingerprint density at radius 1 is 1.12 bits per heavy atom. The number of carboxylic acids is 1. The zero-order chi connectivity index (χ0) is 12.3. The quantitative estimate of drug-likeness (QED) is 0.425. The molecule has 86 valence electrons. The number of carbonyl (C=O) groups is 2. The third kappa shape index (κ3) is 2.53. The van der Waals surface area contributed by atoms with Gasteiger partial charge in [0.05, 0.1) is 5.56 Å². The van der Waals surface area contributed by atoms with E-state index in [1.807, 2.05) is 0 Å². The molecule has 1 aromatic rings. The van der Waals surface area contributed by atoms with Gasteiger partial charge in [-0.25, -0.2) is 9.59 Å². The van der Waals surface area contributed by atoms with Crippen LogP contribution in [-0.2, 0) is 9.53 Å². The molecule has 7 heteroatoms. The molecular formula is C9H8O7. The minimum atomic E-state index is -1.33. The van der Waals surface area contributed by atoms with Crippen molar-refractivity contribution in [3.8, 4) is 17.2 Å². The number of aromatic hydroxyl groups is 3. The van der Waals surface area contributed by atoms with Gasteiger partial charge in [-0.3, -0.25) is 0 Å². The smallest absolute Gasteiger partial charge is 0.341 e. The lowest BCUT2D eigenvalue weighted by molar-refractivity contribution is -0.140. The molecule has 0 saturated heterocycles. The third-order valence-electron chi connectivity index (χ3n) is 1.63. The monoisotopic (exact) mass is 228 g/mol. The summed E-state index contributed by atoms with van der Waals surface area (Å²) in [6, 6.07) is 1.69. The van der Waals surface area contributed by atoms with Crippen LogP contribution in [0.2, 0.25) is 0 Å². The van der Waals surface area contributed by atoms with Crippen molar-refractivity contribution in [2.45, 2.75) is 0 Å². The molecule has 0 spiro atoms. The molecule has 0 aromatic heterocycles. The summed E-state index contributed by atoms with van der Waals surface area (Å²) < 4.78 is 4.30. The minimum absolute atomic E-state index is 0.269. The number of ether oxygens (including phenoxy) is 1. The highest BCUT2D eigenvalue weighted by molar-refractivity contribution is 5.92. The Balaban J connectivity index is 2.88. The summed E-state index contributed by atoms with van der Waals surface area (Å²) in [7, 11) is 0. The standard InChI is InChI=1S/C9H8O7/c10-5-1-4(2-6(11)8(5)14)9(15)16-3-7(12)13/h1-2,10-11,14H,3H2,(H,12,13). The van der Waals surface area contributed by atoms with E-state index in [0.717, 1.165) is 12.1 Å². The predicted molar refractivity (Wildman–Crippen MR) is 49.4 cm³/mol. The third-order valence-corrected chi connectivity index (χ3v) is 1.63. The first-order chi connectivity index (χ1) is 7.41. The van der Waals surface area contributed by atoms with Gasteiger partial charge in [0.15, 0.2) is 23.9 Å². The first-order valence-corrected chi connectivity index (χ1v) is 4.05. The van der Waals surface area contributed by atoms with E-state index in [2.05, 4.69) is 4.74 Å². The normalized spacial score (nSPS) is 9.75. The zero-order valence-corrected chi connectivity index (χ0v) is 7.88. The summed E-state index contributed by atoms with van der Waals surface area (Å²) in [6.07, 6.45) is 0. The van der Waals surface area contributed by atoms with Crippen molar-refractivity contribution in [3.63, 3.8) is 0 Å². The highest BCUT2D eigenvalue weighted by Crippen LogP contribution is 2.35. The molecule has 0 fully saturated rings.